The van der Waals surface area contributed by atoms with E-state index in [-0.39, 0.29) is 18.0 Å². The molecular weight excluding hydrogens is 290 g/mol. The molecule has 2 aromatic rings. The first-order chi connectivity index (χ1) is 11.2. The third kappa shape index (κ3) is 3.31. The van der Waals surface area contributed by atoms with Crippen LogP contribution < -0.4 is 10.1 Å². The Kier molecular flexibility index (Phi) is 4.24. The van der Waals surface area contributed by atoms with Gasteiger partial charge < -0.3 is 10.1 Å². The first-order valence-electron chi connectivity index (χ1n) is 7.54. The lowest BCUT2D eigenvalue weighted by Gasteiger charge is -2.12. The van der Waals surface area contributed by atoms with Gasteiger partial charge in [-0.1, -0.05) is 30.3 Å². The van der Waals surface area contributed by atoms with E-state index in [9.17, 15) is 9.59 Å². The van der Waals surface area contributed by atoms with Crippen molar-refractivity contribution in [3.8, 4) is 5.75 Å². The van der Waals surface area contributed by atoms with Gasteiger partial charge in [-0.15, -0.1) is 0 Å². The van der Waals surface area contributed by atoms with Crippen molar-refractivity contribution in [2.75, 3.05) is 11.9 Å². The molecule has 2 aromatic carbocycles. The van der Waals surface area contributed by atoms with Crippen LogP contribution in [0.5, 0.6) is 5.75 Å². The Morgan fingerprint density at radius 3 is 2.70 bits per heavy atom. The van der Waals surface area contributed by atoms with Crippen molar-refractivity contribution < 1.29 is 14.3 Å². The van der Waals surface area contributed by atoms with Crippen LogP contribution in [0.3, 0.4) is 0 Å². The van der Waals surface area contributed by atoms with E-state index in [0.717, 1.165) is 17.0 Å². The summed E-state index contributed by atoms with van der Waals surface area (Å²) in [5.41, 5.74) is 2.43. The zero-order chi connectivity index (χ0) is 16.2. The average molecular weight is 307 g/mol. The predicted molar refractivity (Wildman–Crippen MR) is 88.8 cm³/mol. The molecule has 4 heteroatoms. The summed E-state index contributed by atoms with van der Waals surface area (Å²) in [5.74, 6) is 0.420. The van der Waals surface area contributed by atoms with Crippen LogP contribution in [0.1, 0.15) is 22.8 Å². The van der Waals surface area contributed by atoms with Gasteiger partial charge in [0.1, 0.15) is 5.75 Å². The molecule has 0 aliphatic carbocycles. The number of benzene rings is 2. The highest BCUT2D eigenvalue weighted by Gasteiger charge is 2.20. The Balaban J connectivity index is 1.92. The minimum atomic E-state index is -0.194. The minimum Gasteiger partial charge on any atom is -0.494 e. The van der Waals surface area contributed by atoms with Gasteiger partial charge in [-0.05, 0) is 30.7 Å². The lowest BCUT2D eigenvalue weighted by Crippen LogP contribution is -2.12. The molecule has 0 saturated heterocycles. The number of ketones is 2. The van der Waals surface area contributed by atoms with Crippen LogP contribution in [0.2, 0.25) is 0 Å². The molecule has 0 amide bonds. The quantitative estimate of drug-likeness (QED) is 0.880. The summed E-state index contributed by atoms with van der Waals surface area (Å²) in [5, 5.41) is 3.09. The molecule has 0 aromatic heterocycles. The van der Waals surface area contributed by atoms with Crippen LogP contribution in [0.25, 0.3) is 0 Å². The Hall–Kier alpha value is -2.88. The zero-order valence-electron chi connectivity index (χ0n) is 12.8. The highest BCUT2D eigenvalue weighted by molar-refractivity contribution is 6.14. The van der Waals surface area contributed by atoms with Gasteiger partial charge in [0.2, 0.25) is 5.78 Å². The minimum absolute atomic E-state index is 0.107. The Morgan fingerprint density at radius 2 is 1.96 bits per heavy atom. The molecule has 0 fully saturated rings. The van der Waals surface area contributed by atoms with Gasteiger partial charge in [0.25, 0.3) is 0 Å². The second kappa shape index (κ2) is 6.48. The number of anilines is 1. The number of allylic oxidation sites excluding steroid dienone is 2. The topological polar surface area (TPSA) is 55.4 Å². The SMILES string of the molecule is CCOc1ccc2c(c1)CC(=O)C=C(C(=O)c1ccccc1)N2. The summed E-state index contributed by atoms with van der Waals surface area (Å²) in [7, 11) is 0. The van der Waals surface area contributed by atoms with Crippen LogP contribution >= 0.6 is 0 Å². The zero-order valence-corrected chi connectivity index (χ0v) is 12.8. The molecule has 0 radical (unpaired) electrons. The van der Waals surface area contributed by atoms with Gasteiger partial charge >= 0.3 is 0 Å². The lowest BCUT2D eigenvalue weighted by atomic mass is 10.1. The third-order valence-electron chi connectivity index (χ3n) is 3.61. The van der Waals surface area contributed by atoms with Crippen LogP contribution in [0.4, 0.5) is 5.69 Å². The maximum Gasteiger partial charge on any atom is 0.209 e. The maximum atomic E-state index is 12.6. The molecule has 0 bridgehead atoms. The molecule has 116 valence electrons. The lowest BCUT2D eigenvalue weighted by molar-refractivity contribution is -0.114. The van der Waals surface area contributed by atoms with Crippen molar-refractivity contribution >= 4 is 17.3 Å². The second-order valence-electron chi connectivity index (χ2n) is 5.27. The predicted octanol–water partition coefficient (Wildman–Crippen LogP) is 3.39. The number of nitrogens with one attached hydrogen (secondary N) is 1. The molecule has 1 aliphatic heterocycles. The van der Waals surface area contributed by atoms with Crippen molar-refractivity contribution in [1.29, 1.82) is 0 Å². The Bertz CT molecular complexity index is 778. The van der Waals surface area contributed by atoms with Gasteiger partial charge in [0, 0.05) is 23.7 Å². The smallest absolute Gasteiger partial charge is 0.209 e. The van der Waals surface area contributed by atoms with Crippen molar-refractivity contribution in [2.45, 2.75) is 13.3 Å². The van der Waals surface area contributed by atoms with Crippen molar-refractivity contribution in [3.05, 3.63) is 71.4 Å². The first-order valence-corrected chi connectivity index (χ1v) is 7.54. The molecule has 4 nitrogen and oxygen atoms in total. The fraction of sp³-hybridized carbons (Fsp3) is 0.158. The van der Waals surface area contributed by atoms with Crippen LogP contribution in [-0.4, -0.2) is 18.2 Å². The molecule has 1 N–H and O–H groups in total. The van der Waals surface area contributed by atoms with E-state index >= 15 is 0 Å². The number of ether oxygens (including phenoxy) is 1. The van der Waals surface area contributed by atoms with Gasteiger partial charge in [-0.25, -0.2) is 0 Å². The van der Waals surface area contributed by atoms with Crippen LogP contribution in [-0.2, 0) is 11.2 Å². The normalized spacial score (nSPS) is 13.4. The van der Waals surface area contributed by atoms with E-state index in [0.29, 0.717) is 17.9 Å². The molecule has 1 heterocycles. The second-order valence-corrected chi connectivity index (χ2v) is 5.27. The molecule has 23 heavy (non-hydrogen) atoms. The van der Waals surface area contributed by atoms with Crippen LogP contribution in [0, 0.1) is 0 Å². The highest BCUT2D eigenvalue weighted by atomic mass is 16.5. The van der Waals surface area contributed by atoms with Crippen molar-refractivity contribution in [1.82, 2.24) is 0 Å². The van der Waals surface area contributed by atoms with Crippen molar-refractivity contribution in [2.24, 2.45) is 0 Å². The fourth-order valence-electron chi connectivity index (χ4n) is 2.54. The summed E-state index contributed by atoms with van der Waals surface area (Å²) in [6.07, 6.45) is 1.63. The van der Waals surface area contributed by atoms with E-state index in [1.807, 2.05) is 31.2 Å². The number of Topliss-reactive ketones (excluding diaryl/α,β-unsaturated/α-hetero) is 1. The van der Waals surface area contributed by atoms with Crippen LogP contribution in [0.15, 0.2) is 60.3 Å². The molecule has 3 rings (SSSR count). The van der Waals surface area contributed by atoms with Gasteiger partial charge in [0.05, 0.1) is 12.3 Å². The number of carbonyl (C=O) groups excluding carboxylic acids is 2. The number of hydrogen-bond donors (Lipinski definition) is 1. The monoisotopic (exact) mass is 307 g/mol. The van der Waals surface area contributed by atoms with Gasteiger partial charge in [0.15, 0.2) is 5.78 Å². The summed E-state index contributed by atoms with van der Waals surface area (Å²) < 4.78 is 5.47. The third-order valence-corrected chi connectivity index (χ3v) is 3.61. The van der Waals surface area contributed by atoms with Gasteiger partial charge in [-0.3, -0.25) is 9.59 Å². The van der Waals surface area contributed by atoms with Crippen molar-refractivity contribution in [3.63, 3.8) is 0 Å². The largest absolute Gasteiger partial charge is 0.494 e. The molecule has 1 aliphatic rings. The molecule has 0 unspecified atom stereocenters. The number of fused-ring (bicyclic) bond motifs is 1. The average Bonchev–Trinajstić information content (AvgIpc) is 2.73. The molecule has 0 saturated carbocycles. The number of carbonyl (C=O) groups is 2. The van der Waals surface area contributed by atoms with E-state index in [2.05, 4.69) is 5.32 Å². The van der Waals surface area contributed by atoms with E-state index in [4.69, 9.17) is 4.74 Å². The standard InChI is InChI=1S/C19H17NO3/c1-2-23-16-8-9-17-14(11-16)10-15(21)12-18(20-17)19(22)13-6-4-3-5-7-13/h3-9,11-12,20H,2,10H2,1H3. The summed E-state index contributed by atoms with van der Waals surface area (Å²) in [6.45, 7) is 2.48. The number of rotatable bonds is 4. The maximum absolute atomic E-state index is 12.6. The highest BCUT2D eigenvalue weighted by Crippen LogP contribution is 2.27. The fourth-order valence-corrected chi connectivity index (χ4v) is 2.54. The Morgan fingerprint density at radius 1 is 1.17 bits per heavy atom. The number of hydrogen-bond acceptors (Lipinski definition) is 4. The molecule has 0 atom stereocenters. The summed E-state index contributed by atoms with van der Waals surface area (Å²) in [6, 6.07) is 14.4. The summed E-state index contributed by atoms with van der Waals surface area (Å²) in [4.78, 5) is 24.7. The van der Waals surface area contributed by atoms with E-state index in [1.165, 1.54) is 6.08 Å². The van der Waals surface area contributed by atoms with E-state index < -0.39 is 0 Å². The Labute approximate surface area is 134 Å². The first kappa shape index (κ1) is 15.0. The van der Waals surface area contributed by atoms with Gasteiger partial charge in [-0.2, -0.15) is 0 Å². The molecular formula is C19H17NO3. The summed E-state index contributed by atoms with van der Waals surface area (Å²) >= 11 is 0. The van der Waals surface area contributed by atoms with E-state index in [1.54, 1.807) is 24.3 Å². The molecule has 0 spiro atoms.